The molecular formula is C35H59N7O7S. The van der Waals surface area contributed by atoms with Gasteiger partial charge in [-0.3, -0.25) is 19.2 Å². The third-order valence-electron chi connectivity index (χ3n) is 10.9. The summed E-state index contributed by atoms with van der Waals surface area (Å²) in [5, 5.41) is 11.3. The number of urea groups is 1. The van der Waals surface area contributed by atoms with Crippen molar-refractivity contribution in [3.8, 4) is 0 Å². The van der Waals surface area contributed by atoms with Gasteiger partial charge in [0.05, 0.1) is 6.04 Å². The first kappa shape index (κ1) is 39.7. The fourth-order valence-electron chi connectivity index (χ4n) is 7.47. The summed E-state index contributed by atoms with van der Waals surface area (Å²) in [6.45, 7) is 10.7. The van der Waals surface area contributed by atoms with E-state index in [1.54, 1.807) is 7.05 Å². The van der Waals surface area contributed by atoms with E-state index in [0.717, 1.165) is 51.4 Å². The molecule has 4 atom stereocenters. The van der Waals surface area contributed by atoms with Crippen LogP contribution in [0.25, 0.3) is 0 Å². The number of rotatable bonds is 14. The molecular weight excluding hydrogens is 662 g/mol. The summed E-state index contributed by atoms with van der Waals surface area (Å²) in [4.78, 5) is 69.1. The van der Waals surface area contributed by atoms with Crippen molar-refractivity contribution in [3.05, 3.63) is 12.7 Å². The number of carbonyl (C=O) groups excluding carboxylic acids is 5. The molecule has 0 aromatic carbocycles. The van der Waals surface area contributed by atoms with Gasteiger partial charge in [-0.05, 0) is 55.8 Å². The second-order valence-electron chi connectivity index (χ2n) is 15.6. The number of amides is 5. The van der Waals surface area contributed by atoms with Crippen molar-refractivity contribution >= 4 is 39.7 Å². The molecule has 14 nitrogen and oxygen atoms in total. The Labute approximate surface area is 298 Å². The lowest BCUT2D eigenvalue weighted by molar-refractivity contribution is -0.143. The summed E-state index contributed by atoms with van der Waals surface area (Å²) < 4.78 is 28.8. The molecule has 0 bridgehead atoms. The van der Waals surface area contributed by atoms with Gasteiger partial charge in [-0.25, -0.2) is 4.79 Å². The van der Waals surface area contributed by atoms with Gasteiger partial charge < -0.3 is 26.2 Å². The summed E-state index contributed by atoms with van der Waals surface area (Å²) in [6.07, 6.45) is 10.8. The molecule has 50 heavy (non-hydrogen) atoms. The molecule has 4 rings (SSSR count). The van der Waals surface area contributed by atoms with Gasteiger partial charge in [0.25, 0.3) is 16.1 Å². The van der Waals surface area contributed by atoms with Crippen molar-refractivity contribution in [3.63, 3.8) is 0 Å². The van der Waals surface area contributed by atoms with E-state index >= 15 is 0 Å². The molecule has 15 heteroatoms. The van der Waals surface area contributed by atoms with E-state index in [1.807, 2.05) is 20.8 Å². The van der Waals surface area contributed by atoms with Gasteiger partial charge >= 0.3 is 6.03 Å². The minimum Gasteiger partial charge on any atom is -0.346 e. The van der Waals surface area contributed by atoms with Crippen LogP contribution in [0.15, 0.2) is 12.7 Å². The predicted molar refractivity (Wildman–Crippen MR) is 190 cm³/mol. The van der Waals surface area contributed by atoms with Gasteiger partial charge in [-0.2, -0.15) is 17.0 Å². The van der Waals surface area contributed by atoms with E-state index in [2.05, 4.69) is 27.8 Å². The van der Waals surface area contributed by atoms with E-state index in [4.69, 9.17) is 0 Å². The molecule has 1 unspecified atom stereocenters. The second kappa shape index (κ2) is 17.5. The van der Waals surface area contributed by atoms with Crippen molar-refractivity contribution in [2.45, 2.75) is 122 Å². The van der Waals surface area contributed by atoms with E-state index in [1.165, 1.54) is 19.6 Å². The highest BCUT2D eigenvalue weighted by atomic mass is 32.2. The van der Waals surface area contributed by atoms with Gasteiger partial charge in [-0.15, -0.1) is 6.58 Å². The predicted octanol–water partition coefficient (Wildman–Crippen LogP) is 2.07. The summed E-state index contributed by atoms with van der Waals surface area (Å²) in [5.74, 6) is -2.19. The smallest absolute Gasteiger partial charge is 0.315 e. The maximum Gasteiger partial charge on any atom is 0.315 e. The molecule has 2 aliphatic heterocycles. The van der Waals surface area contributed by atoms with Gasteiger partial charge in [0.2, 0.25) is 17.6 Å². The quantitative estimate of drug-likeness (QED) is 0.157. The molecule has 0 radical (unpaired) electrons. The highest BCUT2D eigenvalue weighted by Gasteiger charge is 2.43. The van der Waals surface area contributed by atoms with E-state index in [9.17, 15) is 32.4 Å². The van der Waals surface area contributed by atoms with Crippen LogP contribution in [0.3, 0.4) is 0 Å². The number of nitrogens with one attached hydrogen (secondary N) is 4. The summed E-state index contributed by atoms with van der Waals surface area (Å²) in [7, 11) is -2.10. The lowest BCUT2D eigenvalue weighted by Gasteiger charge is -2.39. The molecule has 2 saturated carbocycles. The van der Waals surface area contributed by atoms with E-state index in [0.29, 0.717) is 45.3 Å². The summed E-state index contributed by atoms with van der Waals surface area (Å²) in [5.41, 5.74) is -0.499. The topological polar surface area (TPSA) is 177 Å². The minimum atomic E-state index is -3.65. The van der Waals surface area contributed by atoms with Crippen LogP contribution >= 0.6 is 0 Å². The Morgan fingerprint density at radius 1 is 0.860 bits per heavy atom. The van der Waals surface area contributed by atoms with Crippen molar-refractivity contribution < 1.29 is 32.4 Å². The van der Waals surface area contributed by atoms with E-state index in [-0.39, 0.29) is 30.8 Å². The molecule has 0 spiro atoms. The first-order valence-corrected chi connectivity index (χ1v) is 19.9. The number of carbonyl (C=O) groups is 5. The van der Waals surface area contributed by atoms with Gasteiger partial charge in [0.1, 0.15) is 12.1 Å². The molecule has 4 N–H and O–H groups in total. The monoisotopic (exact) mass is 721 g/mol. The zero-order chi connectivity index (χ0) is 36.6. The van der Waals surface area contributed by atoms with Crippen LogP contribution in [-0.4, -0.2) is 115 Å². The highest BCUT2D eigenvalue weighted by Crippen LogP contribution is 2.32. The van der Waals surface area contributed by atoms with Crippen LogP contribution in [0.1, 0.15) is 97.8 Å². The molecule has 2 aliphatic carbocycles. The van der Waals surface area contributed by atoms with Crippen LogP contribution in [0.4, 0.5) is 4.79 Å². The zero-order valence-electron chi connectivity index (χ0n) is 30.4. The molecule has 5 amide bonds. The first-order valence-electron chi connectivity index (χ1n) is 18.5. The van der Waals surface area contributed by atoms with Gasteiger partial charge in [-0.1, -0.05) is 65.4 Å². The Balaban J connectivity index is 1.48. The van der Waals surface area contributed by atoms with Gasteiger partial charge in [0, 0.05) is 45.8 Å². The lowest BCUT2D eigenvalue weighted by atomic mass is 9.80. The fourth-order valence-corrected chi connectivity index (χ4v) is 8.92. The SMILES string of the molecule is C=CCNC(=O)C(=O)C(CC1CCC1)NC(=O)[C@@H]1CCCN1C(=O)[C@@H](NC(=O)N[C@H](CN1CCCN(C)S1(=O)=O)C(C)(C)C)C1CCCCC1. The largest absolute Gasteiger partial charge is 0.346 e. The summed E-state index contributed by atoms with van der Waals surface area (Å²) >= 11 is 0. The number of Topliss-reactive ketones (excluding diaryl/α,β-unsaturated/α-hetero) is 1. The standard InChI is InChI=1S/C35H59N7O7S/c1-6-18-36-32(45)30(43)26(22-24-13-10-14-24)37-31(44)27-17-11-21-42(27)33(46)29(25-15-8-7-9-16-25)39-34(47)38-28(35(2,3)4)23-41-20-12-19-40(5)50(41,48)49/h6,24-29H,1,7-23H2,2-5H3,(H,36,45)(H,37,44)(H2,38,39,47)/t26?,27-,28+,29-/m0/s1. The van der Waals surface area contributed by atoms with Crippen molar-refractivity contribution in [2.24, 2.45) is 17.3 Å². The number of hydrogen-bond donors (Lipinski definition) is 4. The molecule has 0 aromatic rings. The fraction of sp³-hybridized carbons (Fsp3) is 0.800. The number of ketones is 1. The average molecular weight is 722 g/mol. The Kier molecular flexibility index (Phi) is 13.9. The number of hydrogen-bond acceptors (Lipinski definition) is 7. The molecule has 4 aliphatic rings. The lowest BCUT2D eigenvalue weighted by Crippen LogP contribution is -2.61. The Morgan fingerprint density at radius 2 is 1.56 bits per heavy atom. The van der Waals surface area contributed by atoms with Gasteiger partial charge in [0.15, 0.2) is 0 Å². The second-order valence-corrected chi connectivity index (χ2v) is 17.6. The normalized spacial score (nSPS) is 23.9. The number of nitrogens with zero attached hydrogens (tertiary/aromatic N) is 3. The summed E-state index contributed by atoms with van der Waals surface area (Å²) in [6, 6.07) is -3.83. The van der Waals surface area contributed by atoms with Crippen LogP contribution in [0.5, 0.6) is 0 Å². The molecule has 2 saturated heterocycles. The Hall–Kier alpha value is -3.04. The third kappa shape index (κ3) is 10.1. The highest BCUT2D eigenvalue weighted by molar-refractivity contribution is 7.86. The van der Waals surface area contributed by atoms with Crippen molar-refractivity contribution in [2.75, 3.05) is 39.8 Å². The first-order chi connectivity index (χ1) is 23.6. The minimum absolute atomic E-state index is 0.0896. The molecule has 0 aromatic heterocycles. The molecule has 282 valence electrons. The van der Waals surface area contributed by atoms with Crippen LogP contribution in [0, 0.1) is 17.3 Å². The molecule has 4 fully saturated rings. The Morgan fingerprint density at radius 3 is 2.18 bits per heavy atom. The van der Waals surface area contributed by atoms with E-state index < -0.39 is 63.4 Å². The zero-order valence-corrected chi connectivity index (χ0v) is 31.2. The van der Waals surface area contributed by atoms with Crippen LogP contribution in [0.2, 0.25) is 0 Å². The van der Waals surface area contributed by atoms with Crippen molar-refractivity contribution in [1.29, 1.82) is 0 Å². The molecule has 2 heterocycles. The Bertz CT molecular complexity index is 1360. The number of likely N-dealkylation sites (tertiary alicyclic amines) is 1. The third-order valence-corrected chi connectivity index (χ3v) is 12.9. The maximum absolute atomic E-state index is 14.4. The maximum atomic E-state index is 14.4. The van der Waals surface area contributed by atoms with Crippen LogP contribution in [-0.2, 0) is 29.4 Å². The van der Waals surface area contributed by atoms with Crippen LogP contribution < -0.4 is 21.3 Å². The average Bonchev–Trinajstić information content (AvgIpc) is 3.55. The van der Waals surface area contributed by atoms with Crippen molar-refractivity contribution in [1.82, 2.24) is 34.8 Å².